The first-order chi connectivity index (χ1) is 10.1. The van der Waals surface area contributed by atoms with Crippen LogP contribution in [-0.2, 0) is 4.74 Å². The lowest BCUT2D eigenvalue weighted by atomic mass is 10.1. The first-order valence-corrected chi connectivity index (χ1v) is 6.04. The molecule has 2 aromatic carbocycles. The van der Waals surface area contributed by atoms with Gasteiger partial charge in [-0.3, -0.25) is 0 Å². The molecule has 0 saturated carbocycles. The molecule has 0 atom stereocenters. The van der Waals surface area contributed by atoms with Gasteiger partial charge in [0.2, 0.25) is 0 Å². The van der Waals surface area contributed by atoms with E-state index in [2.05, 4.69) is 11.8 Å². The summed E-state index contributed by atoms with van der Waals surface area (Å²) < 4.78 is 4.81. The van der Waals surface area contributed by atoms with Crippen molar-refractivity contribution in [3.05, 3.63) is 70.8 Å². The zero-order chi connectivity index (χ0) is 15.2. The molecule has 0 N–H and O–H groups in total. The molecule has 0 aliphatic carbocycles. The van der Waals surface area contributed by atoms with Gasteiger partial charge in [-0.25, -0.2) is 9.59 Å². The second-order valence-electron chi connectivity index (χ2n) is 4.13. The molecule has 0 saturated heterocycles. The van der Waals surface area contributed by atoms with Gasteiger partial charge in [0.1, 0.15) is 0 Å². The Bertz CT molecular complexity index is 721. The maximum absolute atomic E-state index is 11.9. The lowest BCUT2D eigenvalue weighted by Gasteiger charge is -2.04. The first-order valence-electron chi connectivity index (χ1n) is 6.04. The minimum absolute atomic E-state index is 0.215. The predicted molar refractivity (Wildman–Crippen MR) is 78.5 cm³/mol. The van der Waals surface area contributed by atoms with Gasteiger partial charge in [-0.2, -0.15) is 0 Å². The predicted octanol–water partition coefficient (Wildman–Crippen LogP) is 2.65. The van der Waals surface area contributed by atoms with E-state index in [9.17, 15) is 9.59 Å². The third-order valence-electron chi connectivity index (χ3n) is 2.72. The largest absolute Gasteiger partial charge is 0.386 e. The lowest BCUT2D eigenvalue weighted by molar-refractivity contribution is 0.0397. The molecular weight excluding hydrogens is 264 g/mol. The highest BCUT2D eigenvalue weighted by Gasteiger charge is 2.15. The monoisotopic (exact) mass is 274 g/mol. The zero-order valence-corrected chi connectivity index (χ0v) is 11.0. The number of carbonyl (C=O) groups excluding carboxylic acids is 2. The van der Waals surface area contributed by atoms with E-state index in [1.54, 1.807) is 24.3 Å². The molecule has 0 aromatic heterocycles. The summed E-state index contributed by atoms with van der Waals surface area (Å²) >= 11 is 0. The van der Waals surface area contributed by atoms with Gasteiger partial charge in [0, 0.05) is 11.1 Å². The Hall–Kier alpha value is -3.30. The van der Waals surface area contributed by atoms with E-state index in [0.29, 0.717) is 11.1 Å². The molecule has 2 rings (SSSR count). The van der Waals surface area contributed by atoms with E-state index < -0.39 is 11.9 Å². The summed E-state index contributed by atoms with van der Waals surface area (Å²) in [5.74, 6) is 3.29. The van der Waals surface area contributed by atoms with Crippen molar-refractivity contribution in [1.82, 2.24) is 0 Å². The average Bonchev–Trinajstić information content (AvgIpc) is 2.54. The number of ether oxygens (including phenoxy) is 1. The van der Waals surface area contributed by atoms with Gasteiger partial charge in [-0.05, 0) is 36.4 Å². The Morgan fingerprint density at radius 1 is 0.810 bits per heavy atom. The van der Waals surface area contributed by atoms with Gasteiger partial charge in [0.15, 0.2) is 0 Å². The van der Waals surface area contributed by atoms with Crippen LogP contribution in [0.1, 0.15) is 31.8 Å². The second-order valence-corrected chi connectivity index (χ2v) is 4.13. The molecule has 0 aliphatic rings. The molecule has 0 radical (unpaired) electrons. The van der Waals surface area contributed by atoms with Crippen LogP contribution in [0, 0.1) is 24.7 Å². The van der Waals surface area contributed by atoms with Crippen molar-refractivity contribution >= 4 is 11.9 Å². The van der Waals surface area contributed by atoms with Crippen LogP contribution >= 0.6 is 0 Å². The van der Waals surface area contributed by atoms with Crippen LogP contribution in [0.15, 0.2) is 48.5 Å². The van der Waals surface area contributed by atoms with Crippen LogP contribution in [0.2, 0.25) is 0 Å². The van der Waals surface area contributed by atoms with Crippen LogP contribution in [-0.4, -0.2) is 11.9 Å². The summed E-state index contributed by atoms with van der Waals surface area (Å²) in [5.41, 5.74) is 1.50. The van der Waals surface area contributed by atoms with Crippen molar-refractivity contribution in [2.24, 2.45) is 0 Å². The fourth-order valence-electron chi connectivity index (χ4n) is 1.67. The summed E-state index contributed by atoms with van der Waals surface area (Å²) in [7, 11) is 0. The van der Waals surface area contributed by atoms with Crippen molar-refractivity contribution in [1.29, 1.82) is 0 Å². The van der Waals surface area contributed by atoms with Gasteiger partial charge < -0.3 is 4.74 Å². The van der Waals surface area contributed by atoms with Crippen molar-refractivity contribution in [2.45, 2.75) is 0 Å². The highest BCUT2D eigenvalue weighted by molar-refractivity contribution is 6.02. The maximum atomic E-state index is 11.9. The Kier molecular flexibility index (Phi) is 4.19. The number of hydrogen-bond donors (Lipinski definition) is 0. The van der Waals surface area contributed by atoms with E-state index >= 15 is 0 Å². The van der Waals surface area contributed by atoms with E-state index in [4.69, 9.17) is 17.6 Å². The molecule has 2 aromatic rings. The lowest BCUT2D eigenvalue weighted by Crippen LogP contribution is -2.13. The number of esters is 2. The SMILES string of the molecule is C#Cc1cccc(C(=O)OC(=O)c2cccc(C#C)c2)c1. The van der Waals surface area contributed by atoms with Crippen LogP contribution in [0.3, 0.4) is 0 Å². The third kappa shape index (κ3) is 3.37. The summed E-state index contributed by atoms with van der Waals surface area (Å²) in [6.07, 6.45) is 10.5. The second kappa shape index (κ2) is 6.23. The molecule has 0 spiro atoms. The van der Waals surface area contributed by atoms with Crippen LogP contribution in [0.5, 0.6) is 0 Å². The summed E-state index contributed by atoms with van der Waals surface area (Å²) in [5, 5.41) is 0. The van der Waals surface area contributed by atoms with Gasteiger partial charge in [0.25, 0.3) is 0 Å². The van der Waals surface area contributed by atoms with E-state index in [1.807, 2.05) is 0 Å². The van der Waals surface area contributed by atoms with Crippen molar-refractivity contribution in [3.63, 3.8) is 0 Å². The summed E-state index contributed by atoms with van der Waals surface area (Å²) in [6, 6.07) is 12.6. The van der Waals surface area contributed by atoms with Crippen LogP contribution < -0.4 is 0 Å². The van der Waals surface area contributed by atoms with E-state index in [0.717, 1.165) is 0 Å². The van der Waals surface area contributed by atoms with Crippen molar-refractivity contribution < 1.29 is 14.3 Å². The third-order valence-corrected chi connectivity index (χ3v) is 2.72. The fourth-order valence-corrected chi connectivity index (χ4v) is 1.67. The molecule has 3 heteroatoms. The van der Waals surface area contributed by atoms with Crippen molar-refractivity contribution in [2.75, 3.05) is 0 Å². The van der Waals surface area contributed by atoms with Gasteiger partial charge in [0.05, 0.1) is 11.1 Å². The van der Waals surface area contributed by atoms with Gasteiger partial charge in [-0.15, -0.1) is 12.8 Å². The number of terminal acetylenes is 2. The number of rotatable bonds is 2. The number of carbonyl (C=O) groups is 2. The molecule has 0 unspecified atom stereocenters. The average molecular weight is 274 g/mol. The standard InChI is InChI=1S/C18H10O3/c1-3-13-7-5-9-15(11-13)17(19)21-18(20)16-10-6-8-14(4-2)12-16/h1-2,5-12H. The topological polar surface area (TPSA) is 43.4 Å². The molecular formula is C18H10O3. The maximum Gasteiger partial charge on any atom is 0.346 e. The molecule has 3 nitrogen and oxygen atoms in total. The van der Waals surface area contributed by atoms with Crippen molar-refractivity contribution in [3.8, 4) is 24.7 Å². The molecule has 0 bridgehead atoms. The van der Waals surface area contributed by atoms with E-state index in [-0.39, 0.29) is 11.1 Å². The minimum Gasteiger partial charge on any atom is -0.386 e. The zero-order valence-electron chi connectivity index (χ0n) is 11.0. The summed E-state index contributed by atoms with van der Waals surface area (Å²) in [6.45, 7) is 0. The quantitative estimate of drug-likeness (QED) is 0.480. The Morgan fingerprint density at radius 3 is 1.62 bits per heavy atom. The molecule has 0 aliphatic heterocycles. The van der Waals surface area contributed by atoms with E-state index in [1.165, 1.54) is 24.3 Å². The Morgan fingerprint density at radius 2 is 1.24 bits per heavy atom. The molecule has 0 fully saturated rings. The number of hydrogen-bond acceptors (Lipinski definition) is 3. The molecule has 0 amide bonds. The Labute approximate surface area is 122 Å². The number of benzene rings is 2. The minimum atomic E-state index is -0.761. The first kappa shape index (κ1) is 14.1. The molecule has 21 heavy (non-hydrogen) atoms. The highest BCUT2D eigenvalue weighted by Crippen LogP contribution is 2.10. The smallest absolute Gasteiger partial charge is 0.346 e. The fraction of sp³-hybridized carbons (Fsp3) is 0. The van der Waals surface area contributed by atoms with Crippen LogP contribution in [0.4, 0.5) is 0 Å². The Balaban J connectivity index is 2.17. The molecule has 100 valence electrons. The molecule has 0 heterocycles. The normalized spacial score (nSPS) is 9.24. The van der Waals surface area contributed by atoms with Gasteiger partial charge >= 0.3 is 11.9 Å². The van der Waals surface area contributed by atoms with Crippen LogP contribution in [0.25, 0.3) is 0 Å². The summed E-state index contributed by atoms with van der Waals surface area (Å²) in [4.78, 5) is 23.8. The van der Waals surface area contributed by atoms with Gasteiger partial charge in [-0.1, -0.05) is 24.0 Å². The highest BCUT2D eigenvalue weighted by atomic mass is 16.6.